The number of rotatable bonds is 7. The van der Waals surface area contributed by atoms with E-state index in [0.717, 1.165) is 20.1 Å². The van der Waals surface area contributed by atoms with Gasteiger partial charge in [-0.25, -0.2) is 0 Å². The predicted octanol–water partition coefficient (Wildman–Crippen LogP) is 5.42. The summed E-state index contributed by atoms with van der Waals surface area (Å²) in [6, 6.07) is 16.0. The van der Waals surface area contributed by atoms with E-state index >= 15 is 0 Å². The van der Waals surface area contributed by atoms with Crippen LogP contribution in [0.2, 0.25) is 0 Å². The maximum absolute atomic E-state index is 13.1. The van der Waals surface area contributed by atoms with Crippen molar-refractivity contribution in [2.24, 2.45) is 0 Å². The first-order chi connectivity index (χ1) is 15.4. The largest absolute Gasteiger partial charge is 0.323 e. The van der Waals surface area contributed by atoms with Crippen molar-refractivity contribution in [2.75, 3.05) is 16.8 Å². The van der Waals surface area contributed by atoms with Crippen molar-refractivity contribution in [3.63, 3.8) is 0 Å². The van der Waals surface area contributed by atoms with E-state index in [1.807, 2.05) is 25.1 Å². The molecule has 1 aromatic heterocycles. The van der Waals surface area contributed by atoms with E-state index in [4.69, 9.17) is 0 Å². The molecule has 166 valence electrons. The van der Waals surface area contributed by atoms with E-state index in [1.165, 1.54) is 34.2 Å². The van der Waals surface area contributed by atoms with Crippen LogP contribution in [0.3, 0.4) is 0 Å². The molecule has 9 heteroatoms. The smallest absolute Gasteiger partial charge is 0.244 e. The molecule has 32 heavy (non-hydrogen) atoms. The molecular formula is C23H24N4O2S3. The van der Waals surface area contributed by atoms with Crippen molar-refractivity contribution in [1.29, 1.82) is 0 Å². The number of thioether (sulfide) groups is 2. The third-order valence-corrected chi connectivity index (χ3v) is 8.36. The number of carbonyl (C=O) groups is 2. The SMILES string of the molecule is CC(Sc1nnc(SCc2ccc(C(C)C)cc2)s1)C(=O)N1CC(=O)Nc2ccccc21. The van der Waals surface area contributed by atoms with Gasteiger partial charge in [-0.1, -0.05) is 85.1 Å². The fourth-order valence-electron chi connectivity index (χ4n) is 3.30. The summed E-state index contributed by atoms with van der Waals surface area (Å²) in [6.07, 6.45) is 0. The van der Waals surface area contributed by atoms with Crippen LogP contribution in [-0.2, 0) is 15.3 Å². The van der Waals surface area contributed by atoms with Gasteiger partial charge in [-0.05, 0) is 36.1 Å². The van der Waals surface area contributed by atoms with Crippen LogP contribution in [-0.4, -0.2) is 33.8 Å². The molecule has 2 amide bonds. The molecule has 2 aromatic carbocycles. The second kappa shape index (κ2) is 10.1. The molecule has 1 unspecified atom stereocenters. The maximum Gasteiger partial charge on any atom is 0.244 e. The summed E-state index contributed by atoms with van der Waals surface area (Å²) in [7, 11) is 0. The highest BCUT2D eigenvalue weighted by Crippen LogP contribution is 2.35. The Kier molecular flexibility index (Phi) is 7.17. The first-order valence-electron chi connectivity index (χ1n) is 10.3. The van der Waals surface area contributed by atoms with Gasteiger partial charge in [0.1, 0.15) is 6.54 Å². The first-order valence-corrected chi connectivity index (χ1v) is 13.0. The van der Waals surface area contributed by atoms with Gasteiger partial charge < -0.3 is 5.32 Å². The molecule has 1 aliphatic heterocycles. The lowest BCUT2D eigenvalue weighted by Gasteiger charge is -2.30. The third-order valence-electron chi connectivity index (χ3n) is 5.06. The zero-order valence-corrected chi connectivity index (χ0v) is 20.5. The average molecular weight is 485 g/mol. The van der Waals surface area contributed by atoms with Crippen LogP contribution in [0.4, 0.5) is 11.4 Å². The van der Waals surface area contributed by atoms with Crippen molar-refractivity contribution >= 4 is 58.0 Å². The fraction of sp³-hybridized carbons (Fsp3) is 0.304. The summed E-state index contributed by atoms with van der Waals surface area (Å²) in [5.74, 6) is 1.04. The summed E-state index contributed by atoms with van der Waals surface area (Å²) >= 11 is 4.52. The van der Waals surface area contributed by atoms with E-state index in [1.54, 1.807) is 22.7 Å². The van der Waals surface area contributed by atoms with Gasteiger partial charge in [-0.3, -0.25) is 14.5 Å². The molecule has 0 aliphatic carbocycles. The molecule has 1 aliphatic rings. The Bertz CT molecular complexity index is 1110. The Morgan fingerprint density at radius 2 is 1.81 bits per heavy atom. The summed E-state index contributed by atoms with van der Waals surface area (Å²) in [5.41, 5.74) is 3.96. The zero-order chi connectivity index (χ0) is 22.7. The van der Waals surface area contributed by atoms with E-state index in [9.17, 15) is 9.59 Å². The fourth-order valence-corrected chi connectivity index (χ4v) is 6.48. The number of hydrogen-bond donors (Lipinski definition) is 1. The molecular weight excluding hydrogens is 460 g/mol. The van der Waals surface area contributed by atoms with Gasteiger partial charge in [0.15, 0.2) is 8.68 Å². The molecule has 0 saturated carbocycles. The first kappa shape index (κ1) is 22.8. The lowest BCUT2D eigenvalue weighted by atomic mass is 10.0. The number of para-hydroxylation sites is 2. The topological polar surface area (TPSA) is 75.2 Å². The lowest BCUT2D eigenvalue weighted by Crippen LogP contribution is -2.45. The molecule has 1 N–H and O–H groups in total. The standard InChI is InChI=1S/C23H24N4O2S3/c1-14(2)17-10-8-16(9-11-17)13-30-22-25-26-23(32-22)31-15(3)21(29)27-12-20(28)24-18-6-4-5-7-19(18)27/h4-11,14-15H,12-13H2,1-3H3,(H,24,28). The molecule has 0 bridgehead atoms. The van der Waals surface area contributed by atoms with Gasteiger partial charge in [0.25, 0.3) is 0 Å². The monoisotopic (exact) mass is 484 g/mol. The summed E-state index contributed by atoms with van der Waals surface area (Å²) in [4.78, 5) is 26.7. The number of amides is 2. The molecule has 0 spiro atoms. The normalized spacial score (nSPS) is 14.2. The molecule has 0 fully saturated rings. The molecule has 1 atom stereocenters. The third kappa shape index (κ3) is 5.33. The lowest BCUT2D eigenvalue weighted by molar-refractivity contribution is -0.121. The van der Waals surface area contributed by atoms with Crippen LogP contribution in [0, 0.1) is 0 Å². The molecule has 0 saturated heterocycles. The molecule has 6 nitrogen and oxygen atoms in total. The molecule has 2 heterocycles. The van der Waals surface area contributed by atoms with Crippen molar-refractivity contribution in [3.8, 4) is 0 Å². The zero-order valence-electron chi connectivity index (χ0n) is 18.1. The van der Waals surface area contributed by atoms with Crippen LogP contribution in [0.15, 0.2) is 57.2 Å². The summed E-state index contributed by atoms with van der Waals surface area (Å²) < 4.78 is 1.63. The number of hydrogen-bond acceptors (Lipinski definition) is 7. The predicted molar refractivity (Wildman–Crippen MR) is 133 cm³/mol. The number of nitrogens with zero attached hydrogens (tertiary/aromatic N) is 3. The van der Waals surface area contributed by atoms with Crippen molar-refractivity contribution in [3.05, 3.63) is 59.7 Å². The Balaban J connectivity index is 1.36. The van der Waals surface area contributed by atoms with E-state index < -0.39 is 0 Å². The highest BCUT2D eigenvalue weighted by atomic mass is 32.2. The summed E-state index contributed by atoms with van der Waals surface area (Å²) in [6.45, 7) is 6.24. The number of fused-ring (bicyclic) bond motifs is 1. The Morgan fingerprint density at radius 3 is 2.56 bits per heavy atom. The van der Waals surface area contributed by atoms with Crippen LogP contribution in [0.25, 0.3) is 0 Å². The van der Waals surface area contributed by atoms with Crippen LogP contribution < -0.4 is 10.2 Å². The van der Waals surface area contributed by atoms with Crippen LogP contribution in [0.1, 0.15) is 37.8 Å². The summed E-state index contributed by atoms with van der Waals surface area (Å²) in [5, 5.41) is 10.9. The molecule has 4 rings (SSSR count). The van der Waals surface area contributed by atoms with Crippen LogP contribution in [0.5, 0.6) is 0 Å². The Labute approximate surface area is 200 Å². The minimum Gasteiger partial charge on any atom is -0.323 e. The van der Waals surface area contributed by atoms with Gasteiger partial charge in [-0.15, -0.1) is 10.2 Å². The highest BCUT2D eigenvalue weighted by Gasteiger charge is 2.30. The number of anilines is 2. The minimum absolute atomic E-state index is 0.0214. The van der Waals surface area contributed by atoms with Crippen molar-refractivity contribution in [1.82, 2.24) is 10.2 Å². The van der Waals surface area contributed by atoms with Gasteiger partial charge >= 0.3 is 0 Å². The van der Waals surface area contributed by atoms with E-state index in [-0.39, 0.29) is 23.6 Å². The highest BCUT2D eigenvalue weighted by molar-refractivity contribution is 8.03. The van der Waals surface area contributed by atoms with Gasteiger partial charge in [0.2, 0.25) is 11.8 Å². The number of nitrogens with one attached hydrogen (secondary N) is 1. The second-order valence-electron chi connectivity index (χ2n) is 7.77. The molecule has 3 aromatic rings. The minimum atomic E-state index is -0.386. The second-order valence-corrected chi connectivity index (χ2v) is 11.6. The van der Waals surface area contributed by atoms with Gasteiger partial charge in [0.05, 0.1) is 16.6 Å². The Morgan fingerprint density at radius 1 is 1.09 bits per heavy atom. The number of aromatic nitrogens is 2. The maximum atomic E-state index is 13.1. The van der Waals surface area contributed by atoms with Crippen LogP contribution >= 0.6 is 34.9 Å². The van der Waals surface area contributed by atoms with E-state index in [0.29, 0.717) is 11.6 Å². The van der Waals surface area contributed by atoms with Crippen molar-refractivity contribution in [2.45, 2.75) is 46.4 Å². The van der Waals surface area contributed by atoms with Crippen molar-refractivity contribution < 1.29 is 9.59 Å². The van der Waals surface area contributed by atoms with Gasteiger partial charge in [-0.2, -0.15) is 0 Å². The Hall–Kier alpha value is -2.36. The van der Waals surface area contributed by atoms with Gasteiger partial charge in [0, 0.05) is 5.75 Å². The quantitative estimate of drug-likeness (QED) is 0.451. The number of benzene rings is 2. The average Bonchev–Trinajstić information content (AvgIpc) is 3.24. The van der Waals surface area contributed by atoms with E-state index in [2.05, 4.69) is 53.6 Å². The molecule has 0 radical (unpaired) electrons. The number of carbonyl (C=O) groups excluding carboxylic acids is 2.